The van der Waals surface area contributed by atoms with Crippen molar-refractivity contribution in [3.63, 3.8) is 0 Å². The van der Waals surface area contributed by atoms with Gasteiger partial charge in [0, 0.05) is 25.4 Å². The van der Waals surface area contributed by atoms with Gasteiger partial charge >= 0.3 is 5.97 Å². The first kappa shape index (κ1) is 17.8. The topological polar surface area (TPSA) is 64.4 Å². The highest BCUT2D eigenvalue weighted by molar-refractivity contribution is 5.87. The standard InChI is InChI=1S/C21H25N3O3/c1-15-7-3-4-8-18(15)24-14-16(12-22-24)13-23(2)20(26)17-11-19(25)27-21(17)9-5-6-10-21/h3-4,7-8,12,14,17H,5-6,9-11,13H2,1-2H3/t17-/m0/s1. The normalized spacial score (nSPS) is 20.8. The van der Waals surface area contributed by atoms with Gasteiger partial charge in [-0.05, 0) is 44.2 Å². The number of hydrogen-bond acceptors (Lipinski definition) is 4. The Bertz CT molecular complexity index is 867. The Hall–Kier alpha value is -2.63. The summed E-state index contributed by atoms with van der Waals surface area (Å²) in [7, 11) is 1.79. The zero-order valence-corrected chi connectivity index (χ0v) is 15.9. The van der Waals surface area contributed by atoms with E-state index in [1.165, 1.54) is 0 Å². The zero-order chi connectivity index (χ0) is 19.0. The van der Waals surface area contributed by atoms with Gasteiger partial charge in [0.25, 0.3) is 0 Å². The molecule has 1 aliphatic heterocycles. The van der Waals surface area contributed by atoms with E-state index in [1.807, 2.05) is 42.1 Å². The number of carbonyl (C=O) groups is 2. The molecular formula is C21H25N3O3. The lowest BCUT2D eigenvalue weighted by Gasteiger charge is -2.30. The summed E-state index contributed by atoms with van der Waals surface area (Å²) in [5, 5.41) is 4.44. The van der Waals surface area contributed by atoms with E-state index in [1.54, 1.807) is 18.1 Å². The summed E-state index contributed by atoms with van der Waals surface area (Å²) in [6.45, 7) is 2.51. The first-order valence-electron chi connectivity index (χ1n) is 9.55. The predicted molar refractivity (Wildman–Crippen MR) is 100 cm³/mol. The first-order chi connectivity index (χ1) is 13.0. The average Bonchev–Trinajstić information content (AvgIpc) is 3.36. The Balaban J connectivity index is 1.48. The molecule has 2 heterocycles. The van der Waals surface area contributed by atoms with Crippen molar-refractivity contribution in [1.82, 2.24) is 14.7 Å². The lowest BCUT2D eigenvalue weighted by Crippen LogP contribution is -2.43. The number of benzene rings is 1. The van der Waals surface area contributed by atoms with Gasteiger partial charge in [-0.1, -0.05) is 18.2 Å². The predicted octanol–water partition coefficient (Wildman–Crippen LogP) is 3.02. The Morgan fingerprint density at radius 1 is 1.33 bits per heavy atom. The van der Waals surface area contributed by atoms with Crippen LogP contribution >= 0.6 is 0 Å². The minimum absolute atomic E-state index is 0.00797. The number of para-hydroxylation sites is 1. The maximum atomic E-state index is 13.1. The fraction of sp³-hybridized carbons (Fsp3) is 0.476. The number of rotatable bonds is 4. The summed E-state index contributed by atoms with van der Waals surface area (Å²) < 4.78 is 7.45. The van der Waals surface area contributed by atoms with E-state index in [0.29, 0.717) is 6.54 Å². The second-order valence-corrected chi connectivity index (χ2v) is 7.78. The van der Waals surface area contributed by atoms with Gasteiger partial charge < -0.3 is 9.64 Å². The molecule has 2 fully saturated rings. The molecule has 1 amide bonds. The molecule has 0 N–H and O–H groups in total. The monoisotopic (exact) mass is 367 g/mol. The van der Waals surface area contributed by atoms with E-state index >= 15 is 0 Å². The molecule has 0 unspecified atom stereocenters. The molecule has 142 valence electrons. The summed E-state index contributed by atoms with van der Waals surface area (Å²) in [6, 6.07) is 8.05. The summed E-state index contributed by atoms with van der Waals surface area (Å²) in [5.74, 6) is -0.605. The quantitative estimate of drug-likeness (QED) is 0.779. The van der Waals surface area contributed by atoms with Crippen LogP contribution in [0.3, 0.4) is 0 Å². The van der Waals surface area contributed by atoms with Crippen molar-refractivity contribution in [3.05, 3.63) is 47.8 Å². The maximum absolute atomic E-state index is 13.1. The largest absolute Gasteiger partial charge is 0.458 e. The lowest BCUT2D eigenvalue weighted by atomic mass is 9.84. The Morgan fingerprint density at radius 2 is 2.07 bits per heavy atom. The van der Waals surface area contributed by atoms with Crippen LogP contribution in [0.25, 0.3) is 5.69 Å². The van der Waals surface area contributed by atoms with Crippen LogP contribution in [0.1, 0.15) is 43.2 Å². The van der Waals surface area contributed by atoms with Gasteiger partial charge in [0.1, 0.15) is 5.60 Å². The molecule has 1 atom stereocenters. The van der Waals surface area contributed by atoms with Gasteiger partial charge in [0.15, 0.2) is 0 Å². The van der Waals surface area contributed by atoms with Crippen molar-refractivity contribution in [2.45, 2.75) is 51.2 Å². The number of esters is 1. The smallest absolute Gasteiger partial charge is 0.307 e. The highest BCUT2D eigenvalue weighted by atomic mass is 16.6. The molecule has 0 bridgehead atoms. The number of carbonyl (C=O) groups excluding carboxylic acids is 2. The second-order valence-electron chi connectivity index (χ2n) is 7.78. The number of hydrogen-bond donors (Lipinski definition) is 0. The van der Waals surface area contributed by atoms with Gasteiger partial charge in [-0.3, -0.25) is 9.59 Å². The molecule has 1 aromatic heterocycles. The van der Waals surface area contributed by atoms with E-state index in [-0.39, 0.29) is 24.2 Å². The Labute approximate surface area is 159 Å². The van der Waals surface area contributed by atoms with Crippen LogP contribution in [-0.4, -0.2) is 39.2 Å². The molecule has 1 spiro atoms. The minimum atomic E-state index is -0.562. The number of ether oxygens (including phenoxy) is 1. The summed E-state index contributed by atoms with van der Waals surface area (Å²) in [5.41, 5.74) is 2.56. The van der Waals surface area contributed by atoms with Crippen LogP contribution in [0.2, 0.25) is 0 Å². The van der Waals surface area contributed by atoms with E-state index in [9.17, 15) is 9.59 Å². The molecule has 1 saturated heterocycles. The van der Waals surface area contributed by atoms with Crippen molar-refractivity contribution in [1.29, 1.82) is 0 Å². The molecule has 27 heavy (non-hydrogen) atoms. The third-order valence-electron chi connectivity index (χ3n) is 5.87. The van der Waals surface area contributed by atoms with Crippen molar-refractivity contribution in [2.24, 2.45) is 5.92 Å². The lowest BCUT2D eigenvalue weighted by molar-refractivity contribution is -0.151. The van der Waals surface area contributed by atoms with Gasteiger partial charge in [-0.2, -0.15) is 5.10 Å². The van der Waals surface area contributed by atoms with Crippen molar-refractivity contribution in [2.75, 3.05) is 7.05 Å². The van der Waals surface area contributed by atoms with E-state index in [0.717, 1.165) is 42.5 Å². The number of amides is 1. The molecular weight excluding hydrogens is 342 g/mol. The van der Waals surface area contributed by atoms with Crippen molar-refractivity contribution in [3.8, 4) is 5.69 Å². The van der Waals surface area contributed by atoms with E-state index < -0.39 is 5.60 Å². The molecule has 2 aliphatic rings. The first-order valence-corrected chi connectivity index (χ1v) is 9.55. The van der Waals surface area contributed by atoms with E-state index in [4.69, 9.17) is 4.74 Å². The molecule has 4 rings (SSSR count). The zero-order valence-electron chi connectivity index (χ0n) is 15.9. The van der Waals surface area contributed by atoms with Crippen molar-refractivity contribution < 1.29 is 14.3 Å². The molecule has 6 heteroatoms. The van der Waals surface area contributed by atoms with Gasteiger partial charge in [0.05, 0.1) is 24.2 Å². The van der Waals surface area contributed by atoms with Crippen LogP contribution in [0.4, 0.5) is 0 Å². The van der Waals surface area contributed by atoms with E-state index in [2.05, 4.69) is 5.10 Å². The molecule has 6 nitrogen and oxygen atoms in total. The number of aromatic nitrogens is 2. The van der Waals surface area contributed by atoms with Gasteiger partial charge in [-0.15, -0.1) is 0 Å². The highest BCUT2D eigenvalue weighted by Crippen LogP contribution is 2.46. The SMILES string of the molecule is Cc1ccccc1-n1cc(CN(C)C(=O)[C@@H]2CC(=O)OC23CCCC3)cn1. The Morgan fingerprint density at radius 3 is 2.81 bits per heavy atom. The summed E-state index contributed by atoms with van der Waals surface area (Å²) in [4.78, 5) is 26.6. The number of aryl methyl sites for hydroxylation is 1. The van der Waals surface area contributed by atoms with Gasteiger partial charge in [-0.25, -0.2) is 4.68 Å². The third-order valence-corrected chi connectivity index (χ3v) is 5.87. The summed E-state index contributed by atoms with van der Waals surface area (Å²) >= 11 is 0. The molecule has 1 aliphatic carbocycles. The second kappa shape index (κ2) is 6.83. The fourth-order valence-electron chi connectivity index (χ4n) is 4.44. The highest BCUT2D eigenvalue weighted by Gasteiger charge is 2.54. The van der Waals surface area contributed by atoms with Crippen LogP contribution < -0.4 is 0 Å². The molecule has 1 aromatic carbocycles. The maximum Gasteiger partial charge on any atom is 0.307 e. The molecule has 1 saturated carbocycles. The van der Waals surface area contributed by atoms with Crippen molar-refractivity contribution >= 4 is 11.9 Å². The minimum Gasteiger partial charge on any atom is -0.458 e. The third kappa shape index (κ3) is 3.24. The number of nitrogens with zero attached hydrogens (tertiary/aromatic N) is 3. The summed E-state index contributed by atoms with van der Waals surface area (Å²) in [6.07, 6.45) is 7.58. The van der Waals surface area contributed by atoms with Crippen LogP contribution in [-0.2, 0) is 20.9 Å². The van der Waals surface area contributed by atoms with Crippen LogP contribution in [0.5, 0.6) is 0 Å². The molecule has 2 aromatic rings. The van der Waals surface area contributed by atoms with Gasteiger partial charge in [0.2, 0.25) is 5.91 Å². The fourth-order valence-corrected chi connectivity index (χ4v) is 4.44. The van der Waals surface area contributed by atoms with Crippen LogP contribution in [0, 0.1) is 12.8 Å². The van der Waals surface area contributed by atoms with Crippen LogP contribution in [0.15, 0.2) is 36.7 Å². The average molecular weight is 367 g/mol. The molecule has 0 radical (unpaired) electrons. The Kier molecular flexibility index (Phi) is 4.50.